The summed E-state index contributed by atoms with van der Waals surface area (Å²) in [5.74, 6) is 1.27. The van der Waals surface area contributed by atoms with Gasteiger partial charge in [0.15, 0.2) is 5.58 Å². The normalized spacial score (nSPS) is 13.2. The molecule has 0 saturated heterocycles. The minimum atomic E-state index is 0.606. The van der Waals surface area contributed by atoms with Gasteiger partial charge in [0, 0.05) is 6.54 Å². The van der Waals surface area contributed by atoms with Crippen LogP contribution in [0.4, 0.5) is 6.01 Å². The Balaban J connectivity index is 2.05. The van der Waals surface area contributed by atoms with E-state index in [1.807, 2.05) is 24.3 Å². The monoisotopic (exact) mass is 218 g/mol. The Kier molecular flexibility index (Phi) is 3.13. The van der Waals surface area contributed by atoms with Gasteiger partial charge in [0.1, 0.15) is 5.52 Å². The van der Waals surface area contributed by atoms with Crippen LogP contribution in [0, 0.1) is 11.8 Å². The second kappa shape index (κ2) is 4.56. The number of nitrogens with one attached hydrogen (secondary N) is 1. The highest BCUT2D eigenvalue weighted by atomic mass is 16.4. The molecule has 3 heteroatoms. The second-order valence-electron chi connectivity index (χ2n) is 4.59. The van der Waals surface area contributed by atoms with Crippen molar-refractivity contribution >= 4 is 17.1 Å². The van der Waals surface area contributed by atoms with E-state index in [-0.39, 0.29) is 0 Å². The Morgan fingerprint density at radius 3 is 2.69 bits per heavy atom. The Labute approximate surface area is 95.9 Å². The largest absolute Gasteiger partial charge is 0.424 e. The zero-order valence-corrected chi connectivity index (χ0v) is 10.0. The summed E-state index contributed by atoms with van der Waals surface area (Å²) < 4.78 is 5.58. The molecule has 1 N–H and O–H groups in total. The molecular formula is C13H18N2O. The lowest BCUT2D eigenvalue weighted by Crippen LogP contribution is -2.16. The SMILES string of the molecule is CC(C)C(C)CNc1nc2ccccc2o1. The molecule has 1 aromatic carbocycles. The summed E-state index contributed by atoms with van der Waals surface area (Å²) in [5, 5.41) is 3.24. The minimum absolute atomic E-state index is 0.606. The number of hydrogen-bond acceptors (Lipinski definition) is 3. The molecule has 0 aliphatic heterocycles. The molecule has 0 radical (unpaired) electrons. The molecule has 16 heavy (non-hydrogen) atoms. The van der Waals surface area contributed by atoms with Gasteiger partial charge in [-0.3, -0.25) is 0 Å². The molecule has 2 aromatic rings. The van der Waals surface area contributed by atoms with E-state index in [1.165, 1.54) is 0 Å². The quantitative estimate of drug-likeness (QED) is 0.853. The maximum atomic E-state index is 5.58. The Morgan fingerprint density at radius 1 is 1.25 bits per heavy atom. The molecule has 0 aliphatic rings. The lowest BCUT2D eigenvalue weighted by molar-refractivity contribution is 0.435. The Bertz CT molecular complexity index is 429. The van der Waals surface area contributed by atoms with Crippen molar-refractivity contribution in [2.24, 2.45) is 11.8 Å². The zero-order valence-electron chi connectivity index (χ0n) is 10.0. The fraction of sp³-hybridized carbons (Fsp3) is 0.462. The number of anilines is 1. The predicted molar refractivity (Wildman–Crippen MR) is 66.5 cm³/mol. The molecule has 0 bridgehead atoms. The third-order valence-corrected chi connectivity index (χ3v) is 3.01. The van der Waals surface area contributed by atoms with Gasteiger partial charge in [0.05, 0.1) is 0 Å². The highest BCUT2D eigenvalue weighted by Gasteiger charge is 2.09. The van der Waals surface area contributed by atoms with E-state index >= 15 is 0 Å². The summed E-state index contributed by atoms with van der Waals surface area (Å²) in [6.07, 6.45) is 0. The van der Waals surface area contributed by atoms with Crippen LogP contribution in [0.25, 0.3) is 11.1 Å². The van der Waals surface area contributed by atoms with Crippen molar-refractivity contribution in [2.45, 2.75) is 20.8 Å². The van der Waals surface area contributed by atoms with Crippen LogP contribution in [0.15, 0.2) is 28.7 Å². The van der Waals surface area contributed by atoms with Crippen LogP contribution in [0.5, 0.6) is 0 Å². The molecule has 1 aromatic heterocycles. The molecule has 0 aliphatic carbocycles. The number of nitrogens with zero attached hydrogens (tertiary/aromatic N) is 1. The number of benzene rings is 1. The number of para-hydroxylation sites is 2. The van der Waals surface area contributed by atoms with Gasteiger partial charge in [-0.25, -0.2) is 0 Å². The van der Waals surface area contributed by atoms with E-state index in [4.69, 9.17) is 4.42 Å². The molecule has 1 unspecified atom stereocenters. The van der Waals surface area contributed by atoms with Crippen molar-refractivity contribution < 1.29 is 4.42 Å². The lowest BCUT2D eigenvalue weighted by atomic mass is 9.98. The molecular weight excluding hydrogens is 200 g/mol. The third kappa shape index (κ3) is 2.35. The summed E-state index contributed by atoms with van der Waals surface area (Å²) in [7, 11) is 0. The van der Waals surface area contributed by atoms with E-state index in [1.54, 1.807) is 0 Å². The maximum absolute atomic E-state index is 5.58. The van der Waals surface area contributed by atoms with Gasteiger partial charge in [-0.2, -0.15) is 4.98 Å². The van der Waals surface area contributed by atoms with Gasteiger partial charge >= 0.3 is 0 Å². The van der Waals surface area contributed by atoms with Gasteiger partial charge in [0.25, 0.3) is 6.01 Å². The van der Waals surface area contributed by atoms with Crippen molar-refractivity contribution in [3.05, 3.63) is 24.3 Å². The van der Waals surface area contributed by atoms with Crippen molar-refractivity contribution in [2.75, 3.05) is 11.9 Å². The first-order valence-electron chi connectivity index (χ1n) is 5.76. The Morgan fingerprint density at radius 2 is 2.00 bits per heavy atom. The van der Waals surface area contributed by atoms with Gasteiger partial charge < -0.3 is 9.73 Å². The van der Waals surface area contributed by atoms with Crippen LogP contribution in [-0.4, -0.2) is 11.5 Å². The molecule has 86 valence electrons. The van der Waals surface area contributed by atoms with E-state index in [2.05, 4.69) is 31.1 Å². The fourth-order valence-electron chi connectivity index (χ4n) is 1.43. The van der Waals surface area contributed by atoms with Crippen LogP contribution in [0.3, 0.4) is 0 Å². The summed E-state index contributed by atoms with van der Waals surface area (Å²) >= 11 is 0. The average molecular weight is 218 g/mol. The molecule has 1 atom stereocenters. The topological polar surface area (TPSA) is 38.1 Å². The molecule has 0 saturated carbocycles. The van der Waals surface area contributed by atoms with Gasteiger partial charge in [0.2, 0.25) is 0 Å². The summed E-state index contributed by atoms with van der Waals surface area (Å²) in [6, 6.07) is 8.42. The lowest BCUT2D eigenvalue weighted by Gasteiger charge is -2.14. The molecule has 3 nitrogen and oxygen atoms in total. The predicted octanol–water partition coefficient (Wildman–Crippen LogP) is 3.53. The average Bonchev–Trinajstić information content (AvgIpc) is 2.68. The van der Waals surface area contributed by atoms with E-state index in [9.17, 15) is 0 Å². The van der Waals surface area contributed by atoms with Crippen molar-refractivity contribution in [1.82, 2.24) is 4.98 Å². The van der Waals surface area contributed by atoms with E-state index in [0.29, 0.717) is 17.9 Å². The highest BCUT2D eigenvalue weighted by molar-refractivity contribution is 5.74. The third-order valence-electron chi connectivity index (χ3n) is 3.01. The highest BCUT2D eigenvalue weighted by Crippen LogP contribution is 2.19. The van der Waals surface area contributed by atoms with Crippen LogP contribution < -0.4 is 5.32 Å². The maximum Gasteiger partial charge on any atom is 0.295 e. The molecule has 0 amide bonds. The number of hydrogen-bond donors (Lipinski definition) is 1. The van der Waals surface area contributed by atoms with Gasteiger partial charge in [-0.05, 0) is 24.0 Å². The summed E-state index contributed by atoms with van der Waals surface area (Å²) in [6.45, 7) is 7.56. The number of fused-ring (bicyclic) bond motifs is 1. The molecule has 1 heterocycles. The van der Waals surface area contributed by atoms with Crippen LogP contribution in [-0.2, 0) is 0 Å². The van der Waals surface area contributed by atoms with E-state index in [0.717, 1.165) is 17.6 Å². The number of rotatable bonds is 4. The van der Waals surface area contributed by atoms with Crippen molar-refractivity contribution in [3.63, 3.8) is 0 Å². The summed E-state index contributed by atoms with van der Waals surface area (Å²) in [5.41, 5.74) is 1.74. The first-order chi connectivity index (χ1) is 7.66. The first-order valence-corrected chi connectivity index (χ1v) is 5.76. The van der Waals surface area contributed by atoms with Gasteiger partial charge in [-0.15, -0.1) is 0 Å². The molecule has 0 fully saturated rings. The van der Waals surface area contributed by atoms with E-state index < -0.39 is 0 Å². The van der Waals surface area contributed by atoms with Crippen LogP contribution >= 0.6 is 0 Å². The zero-order chi connectivity index (χ0) is 11.5. The number of aromatic nitrogens is 1. The van der Waals surface area contributed by atoms with Crippen LogP contribution in [0.2, 0.25) is 0 Å². The summed E-state index contributed by atoms with van der Waals surface area (Å²) in [4.78, 5) is 4.37. The second-order valence-corrected chi connectivity index (χ2v) is 4.59. The van der Waals surface area contributed by atoms with Crippen LogP contribution in [0.1, 0.15) is 20.8 Å². The standard InChI is InChI=1S/C13H18N2O/c1-9(2)10(3)8-14-13-15-11-6-4-5-7-12(11)16-13/h4-7,9-10H,8H2,1-3H3,(H,14,15). The fourth-order valence-corrected chi connectivity index (χ4v) is 1.43. The number of oxazole rings is 1. The smallest absolute Gasteiger partial charge is 0.295 e. The molecule has 2 rings (SSSR count). The van der Waals surface area contributed by atoms with Crippen molar-refractivity contribution in [3.8, 4) is 0 Å². The van der Waals surface area contributed by atoms with Gasteiger partial charge in [-0.1, -0.05) is 32.9 Å². The van der Waals surface area contributed by atoms with Crippen molar-refractivity contribution in [1.29, 1.82) is 0 Å². The minimum Gasteiger partial charge on any atom is -0.424 e. The molecule has 0 spiro atoms. The Hall–Kier alpha value is -1.51. The first kappa shape index (κ1) is 11.0.